The van der Waals surface area contributed by atoms with Gasteiger partial charge in [-0.25, -0.2) is 0 Å². The lowest BCUT2D eigenvalue weighted by Crippen LogP contribution is -2.43. The molecule has 2 rings (SSSR count). The Balaban J connectivity index is 0.00000242. The first-order valence-corrected chi connectivity index (χ1v) is 7.72. The fourth-order valence-electron chi connectivity index (χ4n) is 2.56. The molecule has 1 atom stereocenters. The monoisotopic (exact) mass is 390 g/mol. The van der Waals surface area contributed by atoms with Gasteiger partial charge in [-0.05, 0) is 31.0 Å². The number of likely N-dealkylation sites (N-methyl/N-ethyl adjacent to an activating group) is 1. The third kappa shape index (κ3) is 4.69. The first-order valence-electron chi connectivity index (χ1n) is 6.93. The van der Waals surface area contributed by atoms with Gasteiger partial charge in [0, 0.05) is 18.1 Å². The van der Waals surface area contributed by atoms with Gasteiger partial charge in [0.15, 0.2) is 0 Å². The summed E-state index contributed by atoms with van der Waals surface area (Å²) in [6.45, 7) is 1.34. The number of hydrogen-bond acceptors (Lipinski definition) is 3. The third-order valence-electron chi connectivity index (χ3n) is 3.78. The summed E-state index contributed by atoms with van der Waals surface area (Å²) in [7, 11) is 1.74. The highest BCUT2D eigenvalue weighted by molar-refractivity contribution is 9.10. The van der Waals surface area contributed by atoms with Crippen LogP contribution >= 0.6 is 28.3 Å². The van der Waals surface area contributed by atoms with Gasteiger partial charge in [-0.3, -0.25) is 14.5 Å². The summed E-state index contributed by atoms with van der Waals surface area (Å²) in [4.78, 5) is 26.8. The van der Waals surface area contributed by atoms with Crippen LogP contribution in [0.25, 0.3) is 0 Å². The molecule has 7 heteroatoms. The molecule has 1 heterocycles. The molecule has 1 saturated heterocycles. The van der Waals surface area contributed by atoms with E-state index in [-0.39, 0.29) is 24.9 Å². The van der Waals surface area contributed by atoms with E-state index in [9.17, 15) is 9.59 Å². The number of carboxylic acids is 1. The molecule has 5 nitrogen and oxygen atoms in total. The van der Waals surface area contributed by atoms with Gasteiger partial charge in [0.05, 0.1) is 6.54 Å². The van der Waals surface area contributed by atoms with Crippen molar-refractivity contribution in [2.75, 3.05) is 20.1 Å². The zero-order chi connectivity index (χ0) is 15.4. The zero-order valence-electron chi connectivity index (χ0n) is 12.4. The van der Waals surface area contributed by atoms with Crippen LogP contribution < -0.4 is 0 Å². The van der Waals surface area contributed by atoms with E-state index >= 15 is 0 Å². The molecule has 0 aromatic heterocycles. The lowest BCUT2D eigenvalue weighted by molar-refractivity contribution is -0.143. The minimum Gasteiger partial charge on any atom is -0.480 e. The first kappa shape index (κ1) is 18.9. The second kappa shape index (κ2) is 8.50. The van der Waals surface area contributed by atoms with Crippen LogP contribution in [0.3, 0.4) is 0 Å². The van der Waals surface area contributed by atoms with Crippen LogP contribution in [0.4, 0.5) is 0 Å². The number of halogens is 2. The average Bonchev–Trinajstić information content (AvgIpc) is 2.89. The number of carbonyl (C=O) groups excluding carboxylic acids is 1. The highest BCUT2D eigenvalue weighted by Crippen LogP contribution is 2.19. The van der Waals surface area contributed by atoms with Gasteiger partial charge in [-0.1, -0.05) is 34.1 Å². The van der Waals surface area contributed by atoms with Crippen molar-refractivity contribution in [3.8, 4) is 0 Å². The fourth-order valence-corrected chi connectivity index (χ4v) is 2.97. The lowest BCUT2D eigenvalue weighted by atomic mass is 10.2. The average molecular weight is 392 g/mol. The van der Waals surface area contributed by atoms with E-state index < -0.39 is 12.0 Å². The van der Waals surface area contributed by atoms with E-state index in [2.05, 4.69) is 15.9 Å². The molecule has 0 bridgehead atoms. The molecule has 0 spiro atoms. The van der Waals surface area contributed by atoms with Gasteiger partial charge in [0.1, 0.15) is 6.04 Å². The zero-order valence-corrected chi connectivity index (χ0v) is 14.8. The van der Waals surface area contributed by atoms with Crippen molar-refractivity contribution in [2.45, 2.75) is 25.4 Å². The van der Waals surface area contributed by atoms with Crippen molar-refractivity contribution in [3.05, 3.63) is 34.3 Å². The highest BCUT2D eigenvalue weighted by atomic mass is 79.9. The van der Waals surface area contributed by atoms with Crippen LogP contribution in [0.15, 0.2) is 28.7 Å². The number of aliphatic carboxylic acids is 1. The van der Waals surface area contributed by atoms with E-state index in [1.54, 1.807) is 16.8 Å². The summed E-state index contributed by atoms with van der Waals surface area (Å²) in [5.41, 5.74) is 1.03. The van der Waals surface area contributed by atoms with Gasteiger partial charge in [-0.15, -0.1) is 12.4 Å². The number of hydrogen-bond donors (Lipinski definition) is 1. The molecule has 0 radical (unpaired) electrons. The molecule has 0 saturated carbocycles. The molecule has 22 heavy (non-hydrogen) atoms. The normalized spacial score (nSPS) is 17.8. The third-order valence-corrected chi connectivity index (χ3v) is 4.55. The quantitative estimate of drug-likeness (QED) is 0.837. The number of amides is 1. The van der Waals surface area contributed by atoms with E-state index in [0.717, 1.165) is 16.5 Å². The minimum absolute atomic E-state index is 0. The lowest BCUT2D eigenvalue weighted by Gasteiger charge is -2.24. The maximum atomic E-state index is 12.3. The molecule has 0 aliphatic carbocycles. The Hall–Kier alpha value is -1.11. The smallest absolute Gasteiger partial charge is 0.320 e. The molecule has 122 valence electrons. The van der Waals surface area contributed by atoms with Gasteiger partial charge in [-0.2, -0.15) is 0 Å². The molecular weight excluding hydrogens is 372 g/mol. The van der Waals surface area contributed by atoms with Crippen molar-refractivity contribution in [1.29, 1.82) is 0 Å². The van der Waals surface area contributed by atoms with Crippen molar-refractivity contribution in [2.24, 2.45) is 0 Å². The summed E-state index contributed by atoms with van der Waals surface area (Å²) in [5.74, 6) is -0.896. The van der Waals surface area contributed by atoms with E-state index in [1.807, 2.05) is 24.3 Å². The van der Waals surface area contributed by atoms with Crippen LogP contribution in [-0.2, 0) is 16.1 Å². The van der Waals surface area contributed by atoms with E-state index in [1.165, 1.54) is 0 Å². The van der Waals surface area contributed by atoms with Crippen LogP contribution in [0, 0.1) is 0 Å². The Morgan fingerprint density at radius 1 is 1.41 bits per heavy atom. The van der Waals surface area contributed by atoms with Gasteiger partial charge >= 0.3 is 5.97 Å². The molecule has 1 aliphatic rings. The maximum Gasteiger partial charge on any atom is 0.320 e. The van der Waals surface area contributed by atoms with Crippen molar-refractivity contribution < 1.29 is 14.7 Å². The second-order valence-corrected chi connectivity index (χ2v) is 6.16. The molecule has 1 fully saturated rings. The summed E-state index contributed by atoms with van der Waals surface area (Å²) >= 11 is 3.46. The topological polar surface area (TPSA) is 60.9 Å². The molecule has 1 aromatic carbocycles. The number of carboxylic acid groups (broad SMARTS) is 1. The Labute approximate surface area is 144 Å². The van der Waals surface area contributed by atoms with Crippen LogP contribution in [0.5, 0.6) is 0 Å². The number of rotatable bonds is 5. The molecule has 1 unspecified atom stereocenters. The molecule has 1 aliphatic heterocycles. The van der Waals surface area contributed by atoms with Gasteiger partial charge < -0.3 is 10.0 Å². The van der Waals surface area contributed by atoms with Crippen molar-refractivity contribution in [3.63, 3.8) is 0 Å². The van der Waals surface area contributed by atoms with Crippen LogP contribution in [0.1, 0.15) is 18.4 Å². The van der Waals surface area contributed by atoms with E-state index in [0.29, 0.717) is 19.5 Å². The molecular formula is C15H20BrClN2O3. The Morgan fingerprint density at radius 2 is 2.09 bits per heavy atom. The van der Waals surface area contributed by atoms with Crippen LogP contribution in [-0.4, -0.2) is 53.0 Å². The fraction of sp³-hybridized carbons (Fsp3) is 0.467. The van der Waals surface area contributed by atoms with Crippen molar-refractivity contribution in [1.82, 2.24) is 9.80 Å². The maximum absolute atomic E-state index is 12.3. The standard InChI is InChI=1S/C15H19BrN2O3.ClH/c1-17(9-11-5-2-3-6-12(11)16)14(19)10-18-8-4-7-13(18)15(20)21;/h2-3,5-6,13H,4,7-10H2,1H3,(H,20,21);1H. The predicted octanol–water partition coefficient (Wildman–Crippen LogP) is 2.38. The SMILES string of the molecule is CN(Cc1ccccc1Br)C(=O)CN1CCCC1C(=O)O.Cl. The number of likely N-dealkylation sites (tertiary alicyclic amines) is 1. The Morgan fingerprint density at radius 3 is 2.73 bits per heavy atom. The summed E-state index contributed by atoms with van der Waals surface area (Å²) in [5, 5.41) is 9.13. The molecule has 1 aromatic rings. The summed E-state index contributed by atoms with van der Waals surface area (Å²) < 4.78 is 0.967. The second-order valence-electron chi connectivity index (χ2n) is 5.31. The number of nitrogens with zero attached hydrogens (tertiary/aromatic N) is 2. The largest absolute Gasteiger partial charge is 0.480 e. The minimum atomic E-state index is -0.839. The predicted molar refractivity (Wildman–Crippen MR) is 90.1 cm³/mol. The molecule has 1 N–H and O–H groups in total. The van der Waals surface area contributed by atoms with Crippen LogP contribution in [0.2, 0.25) is 0 Å². The highest BCUT2D eigenvalue weighted by Gasteiger charge is 2.32. The summed E-state index contributed by atoms with van der Waals surface area (Å²) in [6.07, 6.45) is 1.45. The van der Waals surface area contributed by atoms with Gasteiger partial charge in [0.2, 0.25) is 5.91 Å². The number of benzene rings is 1. The first-order chi connectivity index (χ1) is 9.99. The van der Waals surface area contributed by atoms with Gasteiger partial charge in [0.25, 0.3) is 0 Å². The van der Waals surface area contributed by atoms with Crippen molar-refractivity contribution >= 4 is 40.2 Å². The number of carbonyl (C=O) groups is 2. The Kier molecular flexibility index (Phi) is 7.32. The molecule has 1 amide bonds. The Bertz CT molecular complexity index is 541. The van der Waals surface area contributed by atoms with E-state index in [4.69, 9.17) is 5.11 Å². The summed E-state index contributed by atoms with van der Waals surface area (Å²) in [6, 6.07) is 7.24.